The minimum Gasteiger partial charge on any atom is -0.319 e. The maximum absolute atomic E-state index is 12.9. The standard InChI is InChI=1S/C17H17ClN4O4/c1-17(10-4-6-11(18)7-5-10)14(24)22(15(25)19-17)9-12-8-13(23)21(3)16(26)20(12)2/h4-8H,9H2,1-3H3,(H,19,25)/t17-/m1/s1. The van der Waals surface area contributed by atoms with Crippen LogP contribution in [0.1, 0.15) is 18.2 Å². The zero-order chi connectivity index (χ0) is 19.2. The second kappa shape index (κ2) is 6.14. The lowest BCUT2D eigenvalue weighted by Gasteiger charge is -2.22. The van der Waals surface area contributed by atoms with Crippen LogP contribution in [0.2, 0.25) is 5.02 Å². The van der Waals surface area contributed by atoms with Gasteiger partial charge in [0, 0.05) is 30.9 Å². The van der Waals surface area contributed by atoms with Gasteiger partial charge in [-0.3, -0.25) is 23.6 Å². The molecule has 0 radical (unpaired) electrons. The maximum atomic E-state index is 12.9. The normalized spacial score (nSPS) is 19.8. The molecule has 0 saturated carbocycles. The molecular weight excluding hydrogens is 360 g/mol. The van der Waals surface area contributed by atoms with E-state index in [2.05, 4.69) is 5.32 Å². The van der Waals surface area contributed by atoms with Gasteiger partial charge in [0.2, 0.25) is 0 Å². The molecule has 3 rings (SSSR count). The molecule has 8 nitrogen and oxygen atoms in total. The Morgan fingerprint density at radius 1 is 1.04 bits per heavy atom. The molecular formula is C17H17ClN4O4. The summed E-state index contributed by atoms with van der Waals surface area (Å²) in [5.74, 6) is -0.474. The average molecular weight is 377 g/mol. The summed E-state index contributed by atoms with van der Waals surface area (Å²) in [6, 6.07) is 7.24. The molecule has 1 aromatic heterocycles. The van der Waals surface area contributed by atoms with Gasteiger partial charge in [-0.15, -0.1) is 0 Å². The van der Waals surface area contributed by atoms with Crippen molar-refractivity contribution in [1.82, 2.24) is 19.4 Å². The highest BCUT2D eigenvalue weighted by molar-refractivity contribution is 6.30. The lowest BCUT2D eigenvalue weighted by Crippen LogP contribution is -2.42. The zero-order valence-corrected chi connectivity index (χ0v) is 15.2. The van der Waals surface area contributed by atoms with Gasteiger partial charge in [0.25, 0.3) is 11.5 Å². The van der Waals surface area contributed by atoms with Gasteiger partial charge in [-0.1, -0.05) is 23.7 Å². The minimum atomic E-state index is -1.25. The van der Waals surface area contributed by atoms with Gasteiger partial charge in [-0.05, 0) is 24.6 Å². The molecule has 1 aliphatic rings. The third-order valence-corrected chi connectivity index (χ3v) is 4.89. The fourth-order valence-electron chi connectivity index (χ4n) is 2.91. The summed E-state index contributed by atoms with van der Waals surface area (Å²) < 4.78 is 2.19. The molecule has 1 saturated heterocycles. The van der Waals surface area contributed by atoms with Gasteiger partial charge in [0.1, 0.15) is 5.54 Å². The van der Waals surface area contributed by atoms with Crippen LogP contribution in [0, 0.1) is 0 Å². The number of nitrogens with one attached hydrogen (secondary N) is 1. The molecule has 1 aromatic carbocycles. The molecule has 0 aliphatic carbocycles. The smallest absolute Gasteiger partial charge is 0.319 e. The van der Waals surface area contributed by atoms with Crippen molar-refractivity contribution in [2.24, 2.45) is 14.1 Å². The van der Waals surface area contributed by atoms with Crippen LogP contribution in [0.5, 0.6) is 0 Å². The van der Waals surface area contributed by atoms with Crippen LogP contribution in [0.4, 0.5) is 4.79 Å². The molecule has 1 aliphatic heterocycles. The van der Waals surface area contributed by atoms with Gasteiger partial charge in [-0.2, -0.15) is 0 Å². The fourth-order valence-corrected chi connectivity index (χ4v) is 3.04. The first kappa shape index (κ1) is 17.9. The van der Waals surface area contributed by atoms with E-state index in [1.54, 1.807) is 31.2 Å². The van der Waals surface area contributed by atoms with E-state index in [1.165, 1.54) is 24.7 Å². The van der Waals surface area contributed by atoms with E-state index in [9.17, 15) is 19.2 Å². The molecule has 0 spiro atoms. The summed E-state index contributed by atoms with van der Waals surface area (Å²) in [4.78, 5) is 50.2. The molecule has 136 valence electrons. The summed E-state index contributed by atoms with van der Waals surface area (Å²) in [5, 5.41) is 3.18. The van der Waals surface area contributed by atoms with Crippen molar-refractivity contribution in [3.63, 3.8) is 0 Å². The van der Waals surface area contributed by atoms with Gasteiger partial charge in [0.05, 0.1) is 6.54 Å². The number of aromatic nitrogens is 2. The quantitative estimate of drug-likeness (QED) is 0.798. The number of urea groups is 1. The minimum absolute atomic E-state index is 0.185. The number of hydrogen-bond donors (Lipinski definition) is 1. The van der Waals surface area contributed by atoms with E-state index in [-0.39, 0.29) is 12.2 Å². The molecule has 9 heteroatoms. The highest BCUT2D eigenvalue weighted by Crippen LogP contribution is 2.30. The Morgan fingerprint density at radius 2 is 1.65 bits per heavy atom. The van der Waals surface area contributed by atoms with E-state index in [0.29, 0.717) is 10.6 Å². The molecule has 2 heterocycles. The van der Waals surface area contributed by atoms with Crippen LogP contribution in [0.15, 0.2) is 39.9 Å². The summed E-state index contributed by atoms with van der Waals surface area (Å²) in [6.07, 6.45) is 0. The SMILES string of the molecule is Cn1c(CN2C(=O)N[C@](C)(c3ccc(Cl)cc3)C2=O)cc(=O)n(C)c1=O. The first-order chi connectivity index (χ1) is 12.1. The molecule has 1 fully saturated rings. The maximum Gasteiger partial charge on any atom is 0.330 e. The average Bonchev–Trinajstić information content (AvgIpc) is 2.82. The van der Waals surface area contributed by atoms with Crippen LogP contribution < -0.4 is 16.6 Å². The Morgan fingerprint density at radius 3 is 2.27 bits per heavy atom. The number of nitrogens with zero attached hydrogens (tertiary/aromatic N) is 3. The van der Waals surface area contributed by atoms with E-state index in [4.69, 9.17) is 11.6 Å². The zero-order valence-electron chi connectivity index (χ0n) is 14.4. The van der Waals surface area contributed by atoms with Gasteiger partial charge >= 0.3 is 11.7 Å². The Balaban J connectivity index is 1.97. The van der Waals surface area contributed by atoms with Crippen LogP contribution in [0.25, 0.3) is 0 Å². The van der Waals surface area contributed by atoms with Crippen molar-refractivity contribution < 1.29 is 9.59 Å². The lowest BCUT2D eigenvalue weighted by atomic mass is 9.92. The predicted octanol–water partition coefficient (Wildman–Crippen LogP) is 0.705. The highest BCUT2D eigenvalue weighted by Gasteiger charge is 2.49. The Labute approximate surface area is 153 Å². The van der Waals surface area contributed by atoms with Crippen molar-refractivity contribution in [3.05, 3.63) is 67.4 Å². The molecule has 1 atom stereocenters. The van der Waals surface area contributed by atoms with Gasteiger partial charge in [-0.25, -0.2) is 9.59 Å². The van der Waals surface area contributed by atoms with E-state index in [0.717, 1.165) is 9.47 Å². The lowest BCUT2D eigenvalue weighted by molar-refractivity contribution is -0.131. The van der Waals surface area contributed by atoms with Gasteiger partial charge in [0.15, 0.2) is 0 Å². The molecule has 3 amide bonds. The largest absolute Gasteiger partial charge is 0.330 e. The Hall–Kier alpha value is -2.87. The van der Waals surface area contributed by atoms with E-state index >= 15 is 0 Å². The number of halogens is 1. The van der Waals surface area contributed by atoms with Crippen molar-refractivity contribution in [1.29, 1.82) is 0 Å². The van der Waals surface area contributed by atoms with Crippen molar-refractivity contribution in [3.8, 4) is 0 Å². The van der Waals surface area contributed by atoms with E-state index in [1.807, 2.05) is 0 Å². The van der Waals surface area contributed by atoms with Gasteiger partial charge < -0.3 is 5.32 Å². The first-order valence-corrected chi connectivity index (χ1v) is 8.19. The van der Waals surface area contributed by atoms with Crippen LogP contribution >= 0.6 is 11.6 Å². The Bertz CT molecular complexity index is 1020. The van der Waals surface area contributed by atoms with Crippen molar-refractivity contribution >= 4 is 23.5 Å². The van der Waals surface area contributed by atoms with Crippen molar-refractivity contribution in [2.45, 2.75) is 19.0 Å². The third-order valence-electron chi connectivity index (χ3n) is 4.64. The Kier molecular flexibility index (Phi) is 4.23. The number of imide groups is 1. The van der Waals surface area contributed by atoms with E-state index < -0.39 is 28.7 Å². The monoisotopic (exact) mass is 376 g/mol. The fraction of sp³-hybridized carbons (Fsp3) is 0.294. The number of carbonyl (C=O) groups is 2. The van der Waals surface area contributed by atoms with Crippen LogP contribution in [-0.4, -0.2) is 26.0 Å². The number of benzene rings is 1. The number of carbonyl (C=O) groups excluding carboxylic acids is 2. The van der Waals surface area contributed by atoms with Crippen molar-refractivity contribution in [2.75, 3.05) is 0 Å². The van der Waals surface area contributed by atoms with Crippen LogP contribution in [-0.2, 0) is 31.0 Å². The number of rotatable bonds is 3. The molecule has 1 N–H and O–H groups in total. The topological polar surface area (TPSA) is 93.4 Å². The first-order valence-electron chi connectivity index (χ1n) is 7.81. The number of amides is 3. The predicted molar refractivity (Wildman–Crippen MR) is 94.8 cm³/mol. The third kappa shape index (κ3) is 2.72. The summed E-state index contributed by atoms with van der Waals surface area (Å²) in [5.41, 5.74) is -1.43. The summed E-state index contributed by atoms with van der Waals surface area (Å²) >= 11 is 5.88. The number of hydrogen-bond acceptors (Lipinski definition) is 4. The molecule has 0 unspecified atom stereocenters. The summed E-state index contributed by atoms with van der Waals surface area (Å²) in [6.45, 7) is 1.41. The molecule has 26 heavy (non-hydrogen) atoms. The molecule has 0 bridgehead atoms. The summed E-state index contributed by atoms with van der Waals surface area (Å²) in [7, 11) is 2.84. The second-order valence-electron chi connectivity index (χ2n) is 6.33. The van der Waals surface area contributed by atoms with Crippen LogP contribution in [0.3, 0.4) is 0 Å². The molecule has 2 aromatic rings. The highest BCUT2D eigenvalue weighted by atomic mass is 35.5. The second-order valence-corrected chi connectivity index (χ2v) is 6.76.